The molecule has 0 bridgehead atoms. The number of piperazine rings is 1. The fraction of sp³-hybridized carbons (Fsp3) is 0.462. The maximum Gasteiger partial charge on any atom is 0.257 e. The van der Waals surface area contributed by atoms with E-state index in [-0.39, 0.29) is 29.6 Å². The highest BCUT2D eigenvalue weighted by atomic mass is 35.5. The van der Waals surface area contributed by atoms with Gasteiger partial charge in [0.1, 0.15) is 5.75 Å². The van der Waals surface area contributed by atoms with Crippen LogP contribution in [-0.2, 0) is 0 Å². The molecule has 1 amide bonds. The van der Waals surface area contributed by atoms with Gasteiger partial charge in [-0.25, -0.2) is 0 Å². The number of halogens is 2. The average Bonchev–Trinajstić information content (AvgIpc) is 2.41. The van der Waals surface area contributed by atoms with Gasteiger partial charge in [0, 0.05) is 31.2 Å². The highest BCUT2D eigenvalue weighted by molar-refractivity contribution is 6.31. The summed E-state index contributed by atoms with van der Waals surface area (Å²) in [5, 5.41) is 10.2. The molecule has 0 saturated carbocycles. The Hall–Kier alpha value is -0.970. The van der Waals surface area contributed by atoms with Gasteiger partial charge in [-0.15, -0.1) is 12.4 Å². The Bertz CT molecular complexity index is 446. The van der Waals surface area contributed by atoms with Crippen LogP contribution in [0.25, 0.3) is 0 Å². The van der Waals surface area contributed by atoms with Crippen molar-refractivity contribution in [1.29, 1.82) is 0 Å². The first-order valence-electron chi connectivity index (χ1n) is 6.12. The minimum absolute atomic E-state index is 0. The van der Waals surface area contributed by atoms with Crippen molar-refractivity contribution in [2.45, 2.75) is 6.92 Å². The number of aromatic hydroxyl groups is 1. The summed E-state index contributed by atoms with van der Waals surface area (Å²) in [6.45, 7) is 6.26. The third-order valence-corrected chi connectivity index (χ3v) is 3.53. The number of hydrogen-bond donors (Lipinski definition) is 1. The highest BCUT2D eigenvalue weighted by Crippen LogP contribution is 2.23. The summed E-state index contributed by atoms with van der Waals surface area (Å²) in [5.41, 5.74) is 0.285. The summed E-state index contributed by atoms with van der Waals surface area (Å²) in [6.07, 6.45) is 0. The van der Waals surface area contributed by atoms with E-state index in [1.807, 2.05) is 0 Å². The molecule has 0 radical (unpaired) electrons. The molecule has 0 spiro atoms. The molecule has 1 saturated heterocycles. The SMILES string of the molecule is CCN1CCN(C(=O)c2cc(Cl)ccc2O)CC1.Cl. The highest BCUT2D eigenvalue weighted by Gasteiger charge is 2.23. The molecule has 1 N–H and O–H groups in total. The van der Waals surface area contributed by atoms with Crippen LogP contribution in [0.1, 0.15) is 17.3 Å². The normalized spacial score (nSPS) is 16.0. The lowest BCUT2D eigenvalue weighted by Crippen LogP contribution is -2.48. The third kappa shape index (κ3) is 3.75. The molecule has 1 aliphatic heterocycles. The minimum atomic E-state index is -0.147. The van der Waals surface area contributed by atoms with E-state index in [2.05, 4.69) is 11.8 Å². The summed E-state index contributed by atoms with van der Waals surface area (Å²) < 4.78 is 0. The number of benzene rings is 1. The van der Waals surface area contributed by atoms with Crippen molar-refractivity contribution >= 4 is 29.9 Å². The molecular formula is C13H18Cl2N2O2. The molecule has 1 aromatic rings. The van der Waals surface area contributed by atoms with Gasteiger partial charge in [-0.05, 0) is 24.7 Å². The van der Waals surface area contributed by atoms with E-state index in [0.717, 1.165) is 19.6 Å². The molecule has 2 rings (SSSR count). The average molecular weight is 305 g/mol. The Kier molecular flexibility index (Phi) is 5.91. The first kappa shape index (κ1) is 16.1. The second-order valence-corrected chi connectivity index (χ2v) is 4.82. The second kappa shape index (κ2) is 6.98. The Morgan fingerprint density at radius 1 is 1.32 bits per heavy atom. The Balaban J connectivity index is 0.00000180. The molecule has 1 fully saturated rings. The Morgan fingerprint density at radius 3 is 2.53 bits per heavy atom. The molecule has 0 unspecified atom stereocenters. The summed E-state index contributed by atoms with van der Waals surface area (Å²) in [7, 11) is 0. The van der Waals surface area contributed by atoms with Crippen LogP contribution in [0.3, 0.4) is 0 Å². The standard InChI is InChI=1S/C13H17ClN2O2.ClH/c1-2-15-5-7-16(8-6-15)13(18)11-9-10(14)3-4-12(11)17;/h3-4,9,17H,2,5-8H2,1H3;1H. The first-order valence-corrected chi connectivity index (χ1v) is 6.49. The van der Waals surface area contributed by atoms with Gasteiger partial charge in [0.25, 0.3) is 5.91 Å². The van der Waals surface area contributed by atoms with Gasteiger partial charge in [-0.2, -0.15) is 0 Å². The van der Waals surface area contributed by atoms with Crippen LogP contribution in [0.4, 0.5) is 0 Å². The molecule has 0 atom stereocenters. The van der Waals surface area contributed by atoms with Crippen molar-refractivity contribution in [3.63, 3.8) is 0 Å². The molecule has 1 aliphatic rings. The van der Waals surface area contributed by atoms with E-state index in [1.165, 1.54) is 12.1 Å². The van der Waals surface area contributed by atoms with Crippen LogP contribution in [0.2, 0.25) is 5.02 Å². The number of hydrogen-bond acceptors (Lipinski definition) is 3. The number of carbonyl (C=O) groups excluding carboxylic acids is 1. The van der Waals surface area contributed by atoms with Crippen molar-refractivity contribution in [2.75, 3.05) is 32.7 Å². The Labute approximate surface area is 124 Å². The van der Waals surface area contributed by atoms with Crippen LogP contribution in [-0.4, -0.2) is 53.5 Å². The molecule has 1 heterocycles. The molecule has 4 nitrogen and oxygen atoms in total. The van der Waals surface area contributed by atoms with Crippen LogP contribution < -0.4 is 0 Å². The van der Waals surface area contributed by atoms with Crippen molar-refractivity contribution in [1.82, 2.24) is 9.80 Å². The van der Waals surface area contributed by atoms with E-state index in [4.69, 9.17) is 11.6 Å². The number of phenolic OH excluding ortho intramolecular Hbond substituents is 1. The van der Waals surface area contributed by atoms with Crippen molar-refractivity contribution < 1.29 is 9.90 Å². The lowest BCUT2D eigenvalue weighted by Gasteiger charge is -2.34. The number of likely N-dealkylation sites (N-methyl/N-ethyl adjacent to an activating group) is 1. The smallest absolute Gasteiger partial charge is 0.257 e. The number of nitrogens with zero attached hydrogens (tertiary/aromatic N) is 2. The van der Waals surface area contributed by atoms with E-state index in [0.29, 0.717) is 18.1 Å². The van der Waals surface area contributed by atoms with Gasteiger partial charge >= 0.3 is 0 Å². The molecule has 0 aromatic heterocycles. The molecule has 6 heteroatoms. The van der Waals surface area contributed by atoms with Gasteiger partial charge in [0.2, 0.25) is 0 Å². The lowest BCUT2D eigenvalue weighted by molar-refractivity contribution is 0.0640. The molecular weight excluding hydrogens is 287 g/mol. The van der Waals surface area contributed by atoms with E-state index >= 15 is 0 Å². The predicted octanol–water partition coefficient (Wildman–Crippen LogP) is 2.25. The molecule has 106 valence electrons. The predicted molar refractivity (Wildman–Crippen MR) is 78.4 cm³/mol. The van der Waals surface area contributed by atoms with Crippen LogP contribution in [0, 0.1) is 0 Å². The summed E-state index contributed by atoms with van der Waals surface area (Å²) in [5.74, 6) is -0.159. The monoisotopic (exact) mass is 304 g/mol. The quantitative estimate of drug-likeness (QED) is 0.911. The van der Waals surface area contributed by atoms with Crippen LogP contribution in [0.5, 0.6) is 5.75 Å². The maximum absolute atomic E-state index is 12.3. The van der Waals surface area contributed by atoms with Crippen molar-refractivity contribution in [3.8, 4) is 5.75 Å². The summed E-state index contributed by atoms with van der Waals surface area (Å²) in [4.78, 5) is 16.3. The topological polar surface area (TPSA) is 43.8 Å². The number of carbonyl (C=O) groups is 1. The summed E-state index contributed by atoms with van der Waals surface area (Å²) >= 11 is 5.86. The van der Waals surface area contributed by atoms with Gasteiger partial charge in [-0.3, -0.25) is 4.79 Å². The second-order valence-electron chi connectivity index (χ2n) is 4.39. The lowest BCUT2D eigenvalue weighted by atomic mass is 10.1. The molecule has 19 heavy (non-hydrogen) atoms. The molecule has 1 aromatic carbocycles. The van der Waals surface area contributed by atoms with Crippen molar-refractivity contribution in [2.24, 2.45) is 0 Å². The first-order chi connectivity index (χ1) is 8.61. The molecule has 0 aliphatic carbocycles. The fourth-order valence-corrected chi connectivity index (χ4v) is 2.29. The van der Waals surface area contributed by atoms with E-state index in [9.17, 15) is 9.90 Å². The Morgan fingerprint density at radius 2 is 1.95 bits per heavy atom. The van der Waals surface area contributed by atoms with Gasteiger partial charge in [0.05, 0.1) is 5.56 Å². The minimum Gasteiger partial charge on any atom is -0.507 e. The zero-order valence-electron chi connectivity index (χ0n) is 10.8. The van der Waals surface area contributed by atoms with E-state index < -0.39 is 0 Å². The third-order valence-electron chi connectivity index (χ3n) is 3.30. The van der Waals surface area contributed by atoms with Crippen LogP contribution >= 0.6 is 24.0 Å². The summed E-state index contributed by atoms with van der Waals surface area (Å²) in [6, 6.07) is 4.55. The number of rotatable bonds is 2. The zero-order chi connectivity index (χ0) is 13.1. The van der Waals surface area contributed by atoms with Gasteiger partial charge in [-0.1, -0.05) is 18.5 Å². The van der Waals surface area contributed by atoms with Crippen molar-refractivity contribution in [3.05, 3.63) is 28.8 Å². The number of amides is 1. The largest absolute Gasteiger partial charge is 0.507 e. The fourth-order valence-electron chi connectivity index (χ4n) is 2.12. The maximum atomic E-state index is 12.3. The zero-order valence-corrected chi connectivity index (χ0v) is 12.4. The van der Waals surface area contributed by atoms with Gasteiger partial charge < -0.3 is 14.9 Å². The number of phenols is 1. The van der Waals surface area contributed by atoms with Gasteiger partial charge in [0.15, 0.2) is 0 Å². The van der Waals surface area contributed by atoms with Crippen LogP contribution in [0.15, 0.2) is 18.2 Å². The van der Waals surface area contributed by atoms with E-state index in [1.54, 1.807) is 11.0 Å².